The van der Waals surface area contributed by atoms with E-state index in [4.69, 9.17) is 9.47 Å². The van der Waals surface area contributed by atoms with Crippen LogP contribution in [0.5, 0.6) is 5.75 Å². The number of amides is 1. The van der Waals surface area contributed by atoms with Gasteiger partial charge in [-0.3, -0.25) is 14.5 Å². The molecule has 0 radical (unpaired) electrons. The summed E-state index contributed by atoms with van der Waals surface area (Å²) in [6, 6.07) is 9.02. The van der Waals surface area contributed by atoms with Crippen LogP contribution in [0.15, 0.2) is 60.7 Å². The second-order valence-corrected chi connectivity index (χ2v) is 9.18. The Morgan fingerprint density at radius 2 is 1.92 bits per heavy atom. The van der Waals surface area contributed by atoms with Crippen molar-refractivity contribution in [2.75, 3.05) is 18.6 Å². The summed E-state index contributed by atoms with van der Waals surface area (Å²) in [6.07, 6.45) is 1.60. The number of aromatic nitrogens is 1. The van der Waals surface area contributed by atoms with E-state index >= 15 is 0 Å². The molecule has 8 nitrogen and oxygen atoms in total. The lowest BCUT2D eigenvalue weighted by Gasteiger charge is -2.23. The Bertz CT molecular complexity index is 1440. The van der Waals surface area contributed by atoms with Gasteiger partial charge in [-0.15, -0.1) is 0 Å². The van der Waals surface area contributed by atoms with Crippen molar-refractivity contribution in [2.24, 2.45) is 0 Å². The zero-order chi connectivity index (χ0) is 26.9. The quantitative estimate of drug-likeness (QED) is 0.155. The first-order valence-electron chi connectivity index (χ1n) is 11.1. The number of aryl methyl sites for hydroxylation is 2. The lowest BCUT2D eigenvalue weighted by molar-refractivity contribution is -0.132. The van der Waals surface area contributed by atoms with Crippen LogP contribution in [-0.2, 0) is 14.3 Å². The molecule has 2 heterocycles. The molecule has 0 unspecified atom stereocenters. The number of hydrogen-bond donors (Lipinski definition) is 1. The smallest absolute Gasteiger partial charge is 0.350 e. The Kier molecular flexibility index (Phi) is 7.21. The van der Waals surface area contributed by atoms with Gasteiger partial charge in [0.2, 0.25) is 0 Å². The highest BCUT2D eigenvalue weighted by Gasteiger charge is 2.48. The second kappa shape index (κ2) is 10.4. The molecule has 1 aromatic heterocycles. The van der Waals surface area contributed by atoms with E-state index in [2.05, 4.69) is 11.6 Å². The average Bonchev–Trinajstić information content (AvgIpc) is 3.39. The number of ketones is 1. The fraction of sp³-hybridized carbons (Fsp3) is 0.185. The number of carbonyl (C=O) groups is 3. The average molecular weight is 523 g/mol. The Morgan fingerprint density at radius 1 is 1.22 bits per heavy atom. The summed E-state index contributed by atoms with van der Waals surface area (Å²) in [5, 5.41) is 11.4. The number of benzene rings is 2. The van der Waals surface area contributed by atoms with Crippen molar-refractivity contribution >= 4 is 39.9 Å². The van der Waals surface area contributed by atoms with E-state index in [1.807, 2.05) is 0 Å². The van der Waals surface area contributed by atoms with Crippen molar-refractivity contribution in [3.8, 4) is 5.75 Å². The maximum atomic E-state index is 13.7. The number of methoxy groups -OCH3 is 1. The van der Waals surface area contributed by atoms with Crippen molar-refractivity contribution < 1.29 is 33.4 Å². The predicted molar refractivity (Wildman–Crippen MR) is 136 cm³/mol. The van der Waals surface area contributed by atoms with Crippen molar-refractivity contribution in [1.29, 1.82) is 0 Å². The van der Waals surface area contributed by atoms with Crippen LogP contribution in [0.3, 0.4) is 0 Å². The minimum Gasteiger partial charge on any atom is -0.507 e. The highest BCUT2D eigenvalue weighted by atomic mass is 32.1. The number of esters is 1. The van der Waals surface area contributed by atoms with Crippen LogP contribution in [0.2, 0.25) is 0 Å². The molecule has 10 heteroatoms. The van der Waals surface area contributed by atoms with Crippen molar-refractivity contribution in [3.05, 3.63) is 93.8 Å². The fourth-order valence-corrected chi connectivity index (χ4v) is 5.06. The summed E-state index contributed by atoms with van der Waals surface area (Å²) < 4.78 is 24.1. The van der Waals surface area contributed by atoms with Crippen molar-refractivity contribution in [1.82, 2.24) is 4.98 Å². The minimum atomic E-state index is -1.12. The number of hydrogen-bond acceptors (Lipinski definition) is 8. The van der Waals surface area contributed by atoms with Crippen LogP contribution in [0.4, 0.5) is 9.52 Å². The summed E-state index contributed by atoms with van der Waals surface area (Å²) in [6.45, 7) is 7.21. The molecule has 190 valence electrons. The molecule has 1 N–H and O–H groups in total. The topological polar surface area (TPSA) is 106 Å². The third-order valence-corrected chi connectivity index (χ3v) is 6.95. The molecule has 0 saturated carbocycles. The predicted octanol–water partition coefficient (Wildman–Crippen LogP) is 4.88. The molecular formula is C27H23FN2O6S. The molecule has 0 bridgehead atoms. The maximum Gasteiger partial charge on any atom is 0.350 e. The normalized spacial score (nSPS) is 16.6. The number of aliphatic hydroxyl groups is 1. The number of rotatable bonds is 7. The summed E-state index contributed by atoms with van der Waals surface area (Å²) in [5.41, 5.74) is 1.42. The Balaban J connectivity index is 1.89. The summed E-state index contributed by atoms with van der Waals surface area (Å²) in [5.74, 6) is -2.88. The van der Waals surface area contributed by atoms with Crippen LogP contribution >= 0.6 is 11.3 Å². The van der Waals surface area contributed by atoms with Gasteiger partial charge in [0.05, 0.1) is 24.4 Å². The van der Waals surface area contributed by atoms with Gasteiger partial charge in [-0.2, -0.15) is 0 Å². The zero-order valence-corrected chi connectivity index (χ0v) is 21.1. The molecule has 0 spiro atoms. The number of anilines is 1. The van der Waals surface area contributed by atoms with Gasteiger partial charge >= 0.3 is 11.9 Å². The highest BCUT2D eigenvalue weighted by molar-refractivity contribution is 7.17. The molecule has 1 saturated heterocycles. The molecule has 2 aromatic carbocycles. The first-order valence-corrected chi connectivity index (χ1v) is 12.0. The summed E-state index contributed by atoms with van der Waals surface area (Å²) in [7, 11) is 1.22. The molecule has 1 fully saturated rings. The van der Waals surface area contributed by atoms with E-state index in [1.165, 1.54) is 31.4 Å². The monoisotopic (exact) mass is 522 g/mol. The van der Waals surface area contributed by atoms with Crippen LogP contribution in [-0.4, -0.2) is 41.5 Å². The number of thiazole rings is 1. The summed E-state index contributed by atoms with van der Waals surface area (Å²) in [4.78, 5) is 44.4. The van der Waals surface area contributed by atoms with Gasteiger partial charge in [0.1, 0.15) is 28.8 Å². The van der Waals surface area contributed by atoms with E-state index < -0.39 is 35.3 Å². The Hall–Kier alpha value is -4.31. The van der Waals surface area contributed by atoms with Crippen LogP contribution in [0, 0.1) is 19.7 Å². The molecular weight excluding hydrogens is 499 g/mol. The maximum absolute atomic E-state index is 13.7. The molecule has 4 rings (SSSR count). The van der Waals surface area contributed by atoms with Gasteiger partial charge in [0.25, 0.3) is 5.78 Å². The minimum absolute atomic E-state index is 0.0678. The molecule has 37 heavy (non-hydrogen) atoms. The van der Waals surface area contributed by atoms with Gasteiger partial charge in [-0.05, 0) is 55.3 Å². The molecule has 1 atom stereocenters. The molecule has 0 aliphatic carbocycles. The van der Waals surface area contributed by atoms with Gasteiger partial charge in [-0.25, -0.2) is 14.2 Å². The number of ether oxygens (including phenoxy) is 2. The first-order chi connectivity index (χ1) is 17.7. The number of aliphatic hydroxyl groups excluding tert-OH is 1. The van der Waals surface area contributed by atoms with E-state index in [0.29, 0.717) is 34.7 Å². The van der Waals surface area contributed by atoms with Crippen LogP contribution < -0.4 is 9.64 Å². The van der Waals surface area contributed by atoms with Gasteiger partial charge in [0.15, 0.2) is 5.13 Å². The molecule has 1 aliphatic rings. The van der Waals surface area contributed by atoms with Crippen molar-refractivity contribution in [3.63, 3.8) is 0 Å². The summed E-state index contributed by atoms with van der Waals surface area (Å²) >= 11 is 0.883. The van der Waals surface area contributed by atoms with Crippen LogP contribution in [0.1, 0.15) is 38.1 Å². The van der Waals surface area contributed by atoms with Gasteiger partial charge in [0, 0.05) is 5.56 Å². The van der Waals surface area contributed by atoms with E-state index in [1.54, 1.807) is 38.1 Å². The second-order valence-electron chi connectivity index (χ2n) is 8.20. The zero-order valence-electron chi connectivity index (χ0n) is 20.3. The molecule has 1 amide bonds. The number of carbonyl (C=O) groups excluding carboxylic acids is 3. The lowest BCUT2D eigenvalue weighted by atomic mass is 9.94. The number of nitrogens with zero attached hydrogens (tertiary/aromatic N) is 2. The standard InChI is InChI=1S/C27H23FN2O6S/c1-5-12-36-18-10-11-19(14(2)13-18)22(31)20-21(16-6-8-17(28)9-7-16)30(25(33)23(20)32)27-29-15(3)24(37-27)26(34)35-4/h5-11,13,21,31H,1,12H2,2-4H3/t21-/m1/s1. The van der Waals surface area contributed by atoms with E-state index in [0.717, 1.165) is 16.2 Å². The molecule has 1 aliphatic heterocycles. The largest absolute Gasteiger partial charge is 0.507 e. The third-order valence-electron chi connectivity index (χ3n) is 5.81. The Labute approximate surface area is 216 Å². The third kappa shape index (κ3) is 4.75. The Morgan fingerprint density at radius 3 is 2.54 bits per heavy atom. The lowest BCUT2D eigenvalue weighted by Crippen LogP contribution is -2.29. The van der Waals surface area contributed by atoms with Gasteiger partial charge < -0.3 is 14.6 Å². The van der Waals surface area contributed by atoms with Crippen LogP contribution in [0.25, 0.3) is 5.76 Å². The molecule has 3 aromatic rings. The highest BCUT2D eigenvalue weighted by Crippen LogP contribution is 2.44. The number of Topliss-reactive ketones (excluding diaryl/α,β-unsaturated/α-hetero) is 1. The number of halogens is 1. The van der Waals surface area contributed by atoms with Gasteiger partial charge in [-0.1, -0.05) is 36.1 Å². The van der Waals surface area contributed by atoms with Crippen molar-refractivity contribution in [2.45, 2.75) is 19.9 Å². The van der Waals surface area contributed by atoms with E-state index in [9.17, 15) is 23.9 Å². The fourth-order valence-electron chi connectivity index (χ4n) is 4.05. The SMILES string of the molecule is C=CCOc1ccc(C(O)=C2C(=O)C(=O)N(c3nc(C)c(C(=O)OC)s3)[C@@H]2c2ccc(F)cc2)c(C)c1. The van der Waals surface area contributed by atoms with E-state index in [-0.39, 0.29) is 15.6 Å². The first kappa shape index (κ1) is 25.8.